The molecule has 2 aromatic heterocycles. The Labute approximate surface area is 162 Å². The van der Waals surface area contributed by atoms with Gasteiger partial charge in [0.25, 0.3) is 5.91 Å². The number of rotatable bonds is 8. The van der Waals surface area contributed by atoms with Gasteiger partial charge in [0, 0.05) is 37.8 Å². The van der Waals surface area contributed by atoms with Crippen LogP contribution in [0.3, 0.4) is 0 Å². The Hall–Kier alpha value is -2.84. The molecular formula is C19H24N6OS. The molecule has 0 bridgehead atoms. The molecule has 0 aliphatic heterocycles. The van der Waals surface area contributed by atoms with E-state index in [1.807, 2.05) is 18.2 Å². The van der Waals surface area contributed by atoms with Crippen molar-refractivity contribution in [2.45, 2.75) is 6.42 Å². The summed E-state index contributed by atoms with van der Waals surface area (Å²) in [6.07, 6.45) is 0.758. The van der Waals surface area contributed by atoms with Gasteiger partial charge in [0.05, 0.1) is 5.69 Å². The molecule has 3 rings (SSSR count). The first-order valence-electron chi connectivity index (χ1n) is 8.80. The van der Waals surface area contributed by atoms with Crippen LogP contribution in [-0.4, -0.2) is 37.6 Å². The molecule has 1 aromatic carbocycles. The number of carbonyl (C=O) groups excluding carboxylic acids is 1. The summed E-state index contributed by atoms with van der Waals surface area (Å²) in [6, 6.07) is 11.8. The lowest BCUT2D eigenvalue weighted by Gasteiger charge is -2.08. The van der Waals surface area contributed by atoms with E-state index in [9.17, 15) is 4.79 Å². The van der Waals surface area contributed by atoms with Gasteiger partial charge in [0.1, 0.15) is 15.5 Å². The van der Waals surface area contributed by atoms with E-state index in [2.05, 4.69) is 33.1 Å². The van der Waals surface area contributed by atoms with Crippen molar-refractivity contribution in [3.63, 3.8) is 0 Å². The summed E-state index contributed by atoms with van der Waals surface area (Å²) in [5.74, 6) is 0.338. The van der Waals surface area contributed by atoms with E-state index >= 15 is 0 Å². The smallest absolute Gasteiger partial charge is 0.263 e. The Bertz CT molecular complexity index is 922. The third kappa shape index (κ3) is 4.47. The van der Waals surface area contributed by atoms with E-state index < -0.39 is 0 Å². The summed E-state index contributed by atoms with van der Waals surface area (Å²) in [6.45, 7) is 1.91. The standard InChI is InChI=1S/C19H24N6OS/c1-22-16-14-6-7-15(21)25-19(14)27-17(16)18(26)24-10-8-12-2-4-13(5-3-12)23-11-9-20/h2-7,22-23H,8-11,20H2,1H3,(H2,21,25)(H,24,26). The molecule has 0 unspecified atom stereocenters. The highest BCUT2D eigenvalue weighted by atomic mass is 32.1. The molecule has 3 aromatic rings. The first kappa shape index (κ1) is 18.9. The van der Waals surface area contributed by atoms with Crippen molar-refractivity contribution in [2.24, 2.45) is 5.73 Å². The minimum absolute atomic E-state index is 0.109. The van der Waals surface area contributed by atoms with Crippen molar-refractivity contribution in [2.75, 3.05) is 43.0 Å². The highest BCUT2D eigenvalue weighted by molar-refractivity contribution is 7.21. The largest absolute Gasteiger partial charge is 0.386 e. The Morgan fingerprint density at radius 1 is 1.15 bits per heavy atom. The molecule has 0 saturated heterocycles. The van der Waals surface area contributed by atoms with Crippen molar-refractivity contribution < 1.29 is 4.79 Å². The number of hydrogen-bond acceptors (Lipinski definition) is 7. The van der Waals surface area contributed by atoms with Crippen molar-refractivity contribution in [3.05, 3.63) is 46.8 Å². The van der Waals surface area contributed by atoms with Crippen LogP contribution in [0.1, 0.15) is 15.2 Å². The quantitative estimate of drug-likeness (QED) is 0.407. The molecule has 1 amide bonds. The molecule has 0 aliphatic rings. The number of benzene rings is 1. The van der Waals surface area contributed by atoms with Crippen LogP contribution in [0.15, 0.2) is 36.4 Å². The number of aromatic nitrogens is 1. The Morgan fingerprint density at radius 2 is 1.93 bits per heavy atom. The van der Waals surface area contributed by atoms with Crippen LogP contribution in [0.4, 0.5) is 17.2 Å². The minimum atomic E-state index is -0.109. The highest BCUT2D eigenvalue weighted by Gasteiger charge is 2.18. The molecule has 27 heavy (non-hydrogen) atoms. The van der Waals surface area contributed by atoms with Crippen LogP contribution in [0.5, 0.6) is 0 Å². The van der Waals surface area contributed by atoms with Gasteiger partial charge >= 0.3 is 0 Å². The lowest BCUT2D eigenvalue weighted by atomic mass is 10.1. The molecule has 142 valence electrons. The average molecular weight is 385 g/mol. The summed E-state index contributed by atoms with van der Waals surface area (Å²) >= 11 is 1.34. The molecular weight excluding hydrogens is 360 g/mol. The zero-order valence-electron chi connectivity index (χ0n) is 15.2. The molecule has 0 fully saturated rings. The van der Waals surface area contributed by atoms with Gasteiger partial charge < -0.3 is 27.4 Å². The summed E-state index contributed by atoms with van der Waals surface area (Å²) in [7, 11) is 1.80. The van der Waals surface area contributed by atoms with Gasteiger partial charge in [-0.25, -0.2) is 4.98 Å². The maximum atomic E-state index is 12.6. The number of anilines is 3. The number of thiophene rings is 1. The van der Waals surface area contributed by atoms with Crippen molar-refractivity contribution >= 4 is 44.7 Å². The van der Waals surface area contributed by atoms with Gasteiger partial charge in [0.15, 0.2) is 0 Å². The molecule has 0 aliphatic carbocycles. The molecule has 0 atom stereocenters. The Balaban J connectivity index is 1.62. The van der Waals surface area contributed by atoms with Crippen LogP contribution >= 0.6 is 11.3 Å². The third-order valence-corrected chi connectivity index (χ3v) is 5.26. The van der Waals surface area contributed by atoms with Crippen LogP contribution in [0, 0.1) is 0 Å². The molecule has 8 heteroatoms. The van der Waals surface area contributed by atoms with Gasteiger partial charge in [-0.2, -0.15) is 0 Å². The van der Waals surface area contributed by atoms with E-state index in [4.69, 9.17) is 11.5 Å². The normalized spacial score (nSPS) is 10.7. The van der Waals surface area contributed by atoms with Gasteiger partial charge in [-0.15, -0.1) is 11.3 Å². The summed E-state index contributed by atoms with van der Waals surface area (Å²) < 4.78 is 0. The molecule has 0 spiro atoms. The summed E-state index contributed by atoms with van der Waals surface area (Å²) in [5.41, 5.74) is 14.2. The van der Waals surface area contributed by atoms with Crippen LogP contribution in [0.25, 0.3) is 10.2 Å². The molecule has 7 nitrogen and oxygen atoms in total. The lowest BCUT2D eigenvalue weighted by molar-refractivity contribution is 0.0959. The third-order valence-electron chi connectivity index (χ3n) is 4.16. The number of carbonyl (C=O) groups is 1. The minimum Gasteiger partial charge on any atom is -0.386 e. The van der Waals surface area contributed by atoms with Crippen molar-refractivity contribution in [3.8, 4) is 0 Å². The fourth-order valence-corrected chi connectivity index (χ4v) is 3.91. The van der Waals surface area contributed by atoms with Gasteiger partial charge in [0.2, 0.25) is 0 Å². The zero-order chi connectivity index (χ0) is 19.2. The maximum absolute atomic E-state index is 12.6. The fourth-order valence-electron chi connectivity index (χ4n) is 2.81. The predicted octanol–water partition coefficient (Wildman–Crippen LogP) is 2.26. The second-order valence-corrected chi connectivity index (χ2v) is 7.06. The van der Waals surface area contributed by atoms with Crippen molar-refractivity contribution in [1.29, 1.82) is 0 Å². The monoisotopic (exact) mass is 384 g/mol. The highest BCUT2D eigenvalue weighted by Crippen LogP contribution is 2.34. The van der Waals surface area contributed by atoms with Crippen LogP contribution < -0.4 is 27.4 Å². The van der Waals surface area contributed by atoms with Gasteiger partial charge in [-0.1, -0.05) is 12.1 Å². The number of pyridine rings is 1. The van der Waals surface area contributed by atoms with Crippen molar-refractivity contribution in [1.82, 2.24) is 10.3 Å². The van der Waals surface area contributed by atoms with Gasteiger partial charge in [-0.3, -0.25) is 4.79 Å². The SMILES string of the molecule is CNc1c(C(=O)NCCc2ccc(NCCN)cc2)sc2nc(N)ccc12. The lowest BCUT2D eigenvalue weighted by Crippen LogP contribution is -2.25. The van der Waals surface area contributed by atoms with Gasteiger partial charge in [-0.05, 0) is 36.2 Å². The summed E-state index contributed by atoms with van der Waals surface area (Å²) in [5, 5.41) is 10.2. The van der Waals surface area contributed by atoms with E-state index in [1.165, 1.54) is 11.3 Å². The fraction of sp³-hybridized carbons (Fsp3) is 0.263. The predicted molar refractivity (Wildman–Crippen MR) is 114 cm³/mol. The van der Waals surface area contributed by atoms with E-state index in [-0.39, 0.29) is 5.91 Å². The van der Waals surface area contributed by atoms with E-state index in [1.54, 1.807) is 13.1 Å². The summed E-state index contributed by atoms with van der Waals surface area (Å²) in [4.78, 5) is 18.3. The number of nitrogens with two attached hydrogens (primary N) is 2. The first-order valence-corrected chi connectivity index (χ1v) is 9.62. The van der Waals surface area contributed by atoms with Crippen LogP contribution in [-0.2, 0) is 6.42 Å². The number of fused-ring (bicyclic) bond motifs is 1. The molecule has 7 N–H and O–H groups in total. The first-order chi connectivity index (χ1) is 13.1. The molecule has 2 heterocycles. The number of nitrogens with one attached hydrogen (secondary N) is 3. The number of nitrogens with zero attached hydrogens (tertiary/aromatic N) is 1. The van der Waals surface area contributed by atoms with Crippen LogP contribution in [0.2, 0.25) is 0 Å². The number of amides is 1. The Kier molecular flexibility index (Phi) is 6.10. The Morgan fingerprint density at radius 3 is 2.63 bits per heavy atom. The van der Waals surface area contributed by atoms with E-state index in [0.29, 0.717) is 23.8 Å². The maximum Gasteiger partial charge on any atom is 0.263 e. The number of hydrogen-bond donors (Lipinski definition) is 5. The molecule has 0 saturated carbocycles. The second kappa shape index (κ2) is 8.70. The molecule has 0 radical (unpaired) electrons. The zero-order valence-corrected chi connectivity index (χ0v) is 16.0. The second-order valence-electron chi connectivity index (χ2n) is 6.06. The van der Waals surface area contributed by atoms with E-state index in [0.717, 1.165) is 40.1 Å². The topological polar surface area (TPSA) is 118 Å². The number of nitrogen functional groups attached to an aromatic ring is 1. The average Bonchev–Trinajstić information content (AvgIpc) is 3.05.